The van der Waals surface area contributed by atoms with Crippen LogP contribution in [0.3, 0.4) is 0 Å². The van der Waals surface area contributed by atoms with Crippen LogP contribution in [0.1, 0.15) is 17.0 Å². The van der Waals surface area contributed by atoms with Gasteiger partial charge < -0.3 is 20.6 Å². The van der Waals surface area contributed by atoms with Crippen LogP contribution in [0.4, 0.5) is 5.69 Å². The van der Waals surface area contributed by atoms with E-state index in [1.807, 2.05) is 53.4 Å². The molecule has 0 radical (unpaired) electrons. The van der Waals surface area contributed by atoms with Crippen molar-refractivity contribution in [2.75, 3.05) is 38.2 Å². The predicted octanol–water partition coefficient (Wildman–Crippen LogP) is 1.52. The summed E-state index contributed by atoms with van der Waals surface area (Å²) in [7, 11) is 1.67. The molecule has 1 amide bonds. The summed E-state index contributed by atoms with van der Waals surface area (Å²) in [6, 6.07) is 17.9. The maximum absolute atomic E-state index is 12.6. The van der Waals surface area contributed by atoms with Crippen molar-refractivity contribution in [3.8, 4) is 0 Å². The van der Waals surface area contributed by atoms with Crippen molar-refractivity contribution >= 4 is 17.6 Å². The minimum atomic E-state index is -0.0362. The molecule has 0 spiro atoms. The minimum absolute atomic E-state index is 0.0182. The molecule has 1 aliphatic heterocycles. The summed E-state index contributed by atoms with van der Waals surface area (Å²) in [6.45, 7) is 1.45. The van der Waals surface area contributed by atoms with Gasteiger partial charge in [-0.15, -0.1) is 0 Å². The number of hydrogen-bond donors (Lipinski definition) is 3. The number of amides is 1. The normalized spacial score (nSPS) is 14.6. The number of nitrogens with zero attached hydrogens (tertiary/aromatic N) is 2. The van der Waals surface area contributed by atoms with Crippen molar-refractivity contribution in [1.29, 1.82) is 0 Å². The zero-order valence-corrected chi connectivity index (χ0v) is 15.6. The Balaban J connectivity index is 1.51. The monoisotopic (exact) mass is 366 g/mol. The van der Waals surface area contributed by atoms with Crippen molar-refractivity contribution in [3.05, 3.63) is 65.7 Å². The number of carbonyl (C=O) groups excluding carboxylic acids is 1. The number of carbonyl (C=O) groups is 1. The lowest BCUT2D eigenvalue weighted by molar-refractivity contribution is -0.117. The Labute approximate surface area is 159 Å². The van der Waals surface area contributed by atoms with Crippen LogP contribution in [0.2, 0.25) is 0 Å². The highest BCUT2D eigenvalue weighted by atomic mass is 16.3. The molecule has 0 aliphatic carbocycles. The van der Waals surface area contributed by atoms with E-state index in [4.69, 9.17) is 0 Å². The first kappa shape index (κ1) is 18.9. The van der Waals surface area contributed by atoms with Gasteiger partial charge in [0.2, 0.25) is 5.91 Å². The summed E-state index contributed by atoms with van der Waals surface area (Å²) in [4.78, 5) is 18.6. The molecule has 0 saturated carbocycles. The molecule has 2 aromatic rings. The maximum Gasteiger partial charge on any atom is 0.246 e. The van der Waals surface area contributed by atoms with Crippen molar-refractivity contribution in [2.24, 2.45) is 4.99 Å². The fourth-order valence-corrected chi connectivity index (χ4v) is 3.31. The SMILES string of the molecule is CN=C(NCC(=O)N1CCc2ccccc21)NCC(CO)c1ccccc1. The third kappa shape index (κ3) is 4.65. The first-order valence-corrected chi connectivity index (χ1v) is 9.21. The second-order valence-corrected chi connectivity index (χ2v) is 6.52. The highest BCUT2D eigenvalue weighted by molar-refractivity contribution is 5.98. The quantitative estimate of drug-likeness (QED) is 0.535. The van der Waals surface area contributed by atoms with Crippen LogP contribution in [0.25, 0.3) is 0 Å². The van der Waals surface area contributed by atoms with E-state index in [-0.39, 0.29) is 25.0 Å². The average molecular weight is 366 g/mol. The molecule has 3 rings (SSSR count). The highest BCUT2D eigenvalue weighted by Gasteiger charge is 2.24. The molecule has 6 nitrogen and oxygen atoms in total. The number of aliphatic hydroxyl groups excluding tert-OH is 1. The van der Waals surface area contributed by atoms with Gasteiger partial charge in [0.1, 0.15) is 0 Å². The number of guanidine groups is 1. The minimum Gasteiger partial charge on any atom is -0.396 e. The number of rotatable bonds is 6. The molecule has 1 atom stereocenters. The van der Waals surface area contributed by atoms with Gasteiger partial charge in [-0.05, 0) is 23.6 Å². The van der Waals surface area contributed by atoms with Crippen molar-refractivity contribution in [1.82, 2.24) is 10.6 Å². The van der Waals surface area contributed by atoms with Crippen molar-refractivity contribution in [2.45, 2.75) is 12.3 Å². The Kier molecular flexibility index (Phi) is 6.44. The number of nitrogens with one attached hydrogen (secondary N) is 2. The number of anilines is 1. The van der Waals surface area contributed by atoms with Gasteiger partial charge in [-0.25, -0.2) is 0 Å². The molecule has 3 N–H and O–H groups in total. The molecule has 142 valence electrons. The first-order chi connectivity index (χ1) is 13.2. The van der Waals surface area contributed by atoms with E-state index in [0.717, 1.165) is 17.7 Å². The van der Waals surface area contributed by atoms with Gasteiger partial charge in [0, 0.05) is 31.7 Å². The standard InChI is InChI=1S/C21H26N4O2/c1-22-21(23-13-18(15-26)16-7-3-2-4-8-16)24-14-20(27)25-12-11-17-9-5-6-10-19(17)25/h2-10,18,26H,11-15H2,1H3,(H2,22,23,24). The van der Waals surface area contributed by atoms with Gasteiger partial charge in [-0.3, -0.25) is 9.79 Å². The van der Waals surface area contributed by atoms with Crippen LogP contribution in [0, 0.1) is 0 Å². The lowest BCUT2D eigenvalue weighted by Crippen LogP contribution is -2.45. The lowest BCUT2D eigenvalue weighted by atomic mass is 10.0. The summed E-state index contributed by atoms with van der Waals surface area (Å²) < 4.78 is 0. The molecule has 1 aliphatic rings. The average Bonchev–Trinajstić information content (AvgIpc) is 3.15. The molecule has 0 fully saturated rings. The van der Waals surface area contributed by atoms with E-state index in [2.05, 4.69) is 21.7 Å². The second kappa shape index (κ2) is 9.19. The number of fused-ring (bicyclic) bond motifs is 1. The van der Waals surface area contributed by atoms with E-state index in [1.54, 1.807) is 7.05 Å². The third-order valence-electron chi connectivity index (χ3n) is 4.83. The van der Waals surface area contributed by atoms with Crippen LogP contribution >= 0.6 is 0 Å². The Hall–Kier alpha value is -2.86. The Morgan fingerprint density at radius 2 is 1.89 bits per heavy atom. The van der Waals surface area contributed by atoms with Gasteiger partial charge in [0.15, 0.2) is 5.96 Å². The smallest absolute Gasteiger partial charge is 0.246 e. The number of hydrogen-bond acceptors (Lipinski definition) is 3. The van der Waals surface area contributed by atoms with Gasteiger partial charge in [-0.2, -0.15) is 0 Å². The van der Waals surface area contributed by atoms with E-state index in [9.17, 15) is 9.90 Å². The molecule has 0 aromatic heterocycles. The van der Waals surface area contributed by atoms with Crippen LogP contribution in [-0.2, 0) is 11.2 Å². The molecule has 2 aromatic carbocycles. The summed E-state index contributed by atoms with van der Waals surface area (Å²) in [5, 5.41) is 15.9. The van der Waals surface area contributed by atoms with E-state index >= 15 is 0 Å². The fraction of sp³-hybridized carbons (Fsp3) is 0.333. The van der Waals surface area contributed by atoms with Gasteiger partial charge >= 0.3 is 0 Å². The molecule has 1 heterocycles. The zero-order valence-electron chi connectivity index (χ0n) is 15.6. The highest BCUT2D eigenvalue weighted by Crippen LogP contribution is 2.27. The molecular weight excluding hydrogens is 340 g/mol. The molecule has 0 saturated heterocycles. The summed E-state index contributed by atoms with van der Waals surface area (Å²) in [6.07, 6.45) is 0.893. The van der Waals surface area contributed by atoms with E-state index in [1.165, 1.54) is 5.56 Å². The topological polar surface area (TPSA) is 77.0 Å². The molecule has 1 unspecified atom stereocenters. The third-order valence-corrected chi connectivity index (χ3v) is 4.83. The molecule has 0 bridgehead atoms. The number of aliphatic imine (C=N–C) groups is 1. The molecule has 27 heavy (non-hydrogen) atoms. The zero-order chi connectivity index (χ0) is 19.1. The van der Waals surface area contributed by atoms with Gasteiger partial charge in [-0.1, -0.05) is 48.5 Å². The Bertz CT molecular complexity index is 792. The number of aliphatic hydroxyl groups is 1. The largest absolute Gasteiger partial charge is 0.396 e. The first-order valence-electron chi connectivity index (χ1n) is 9.21. The van der Waals surface area contributed by atoms with E-state index < -0.39 is 0 Å². The molecular formula is C21H26N4O2. The Morgan fingerprint density at radius 3 is 2.63 bits per heavy atom. The van der Waals surface area contributed by atoms with Crippen LogP contribution in [0.15, 0.2) is 59.6 Å². The van der Waals surface area contributed by atoms with Crippen molar-refractivity contribution < 1.29 is 9.90 Å². The molecule has 6 heteroatoms. The van der Waals surface area contributed by atoms with Crippen LogP contribution in [0.5, 0.6) is 0 Å². The summed E-state index contributed by atoms with van der Waals surface area (Å²) >= 11 is 0. The Morgan fingerprint density at radius 1 is 1.15 bits per heavy atom. The second-order valence-electron chi connectivity index (χ2n) is 6.52. The van der Waals surface area contributed by atoms with Crippen molar-refractivity contribution in [3.63, 3.8) is 0 Å². The summed E-state index contributed by atoms with van der Waals surface area (Å²) in [5.74, 6) is 0.529. The fourth-order valence-electron chi connectivity index (χ4n) is 3.31. The predicted molar refractivity (Wildman–Crippen MR) is 108 cm³/mol. The van der Waals surface area contributed by atoms with Crippen LogP contribution in [-0.4, -0.2) is 50.3 Å². The summed E-state index contributed by atoms with van der Waals surface area (Å²) in [5.41, 5.74) is 3.27. The van der Waals surface area contributed by atoms with Crippen LogP contribution < -0.4 is 15.5 Å². The number of benzene rings is 2. The van der Waals surface area contributed by atoms with Gasteiger partial charge in [0.05, 0.1) is 13.2 Å². The lowest BCUT2D eigenvalue weighted by Gasteiger charge is -2.20. The maximum atomic E-state index is 12.6. The van der Waals surface area contributed by atoms with E-state index in [0.29, 0.717) is 19.0 Å². The number of para-hydroxylation sites is 1. The van der Waals surface area contributed by atoms with Gasteiger partial charge in [0.25, 0.3) is 0 Å².